The molecule has 5 nitrogen and oxygen atoms in total. The van der Waals surface area contributed by atoms with Crippen LogP contribution in [0.4, 0.5) is 9.18 Å². The van der Waals surface area contributed by atoms with Crippen LogP contribution in [0.3, 0.4) is 0 Å². The third-order valence-electron chi connectivity index (χ3n) is 4.05. The number of nitrogens with one attached hydrogen (secondary N) is 1. The van der Waals surface area contributed by atoms with E-state index in [0.717, 1.165) is 5.56 Å². The molecule has 0 saturated carbocycles. The minimum atomic E-state index is -0.282. The van der Waals surface area contributed by atoms with Crippen molar-refractivity contribution < 1.29 is 14.0 Å². The average Bonchev–Trinajstić information content (AvgIpc) is 2.83. The zero-order valence-electron chi connectivity index (χ0n) is 15.2. The van der Waals surface area contributed by atoms with Gasteiger partial charge in [-0.1, -0.05) is 12.1 Å². The smallest absolute Gasteiger partial charge is 0.317 e. The monoisotopic (exact) mass is 367 g/mol. The number of amides is 3. The number of carbonyl (C=O) groups excluding carboxylic acids is 2. The summed E-state index contributed by atoms with van der Waals surface area (Å²) in [5.41, 5.74) is 0.926. The molecule has 1 aliphatic rings. The molecule has 1 saturated heterocycles. The fourth-order valence-corrected chi connectivity index (χ4v) is 4.03. The van der Waals surface area contributed by atoms with Crippen LogP contribution < -0.4 is 5.32 Å². The van der Waals surface area contributed by atoms with Crippen LogP contribution in [-0.4, -0.2) is 53.2 Å². The maximum atomic E-state index is 13.2. The highest BCUT2D eigenvalue weighted by Crippen LogP contribution is 2.42. The van der Waals surface area contributed by atoms with Gasteiger partial charge in [-0.2, -0.15) is 0 Å². The summed E-state index contributed by atoms with van der Waals surface area (Å²) in [4.78, 5) is 27.8. The average molecular weight is 367 g/mol. The number of rotatable bonds is 6. The van der Waals surface area contributed by atoms with Crippen LogP contribution >= 0.6 is 11.8 Å². The number of halogens is 1. The van der Waals surface area contributed by atoms with Gasteiger partial charge in [-0.25, -0.2) is 9.18 Å². The van der Waals surface area contributed by atoms with Crippen molar-refractivity contribution in [1.82, 2.24) is 15.1 Å². The topological polar surface area (TPSA) is 52.7 Å². The van der Waals surface area contributed by atoms with Crippen molar-refractivity contribution in [2.75, 3.05) is 20.1 Å². The molecule has 138 valence electrons. The van der Waals surface area contributed by atoms with Gasteiger partial charge in [0.2, 0.25) is 5.91 Å². The third kappa shape index (κ3) is 5.11. The number of carbonyl (C=O) groups is 2. The number of benzene rings is 1. The van der Waals surface area contributed by atoms with E-state index in [1.807, 2.05) is 25.7 Å². The van der Waals surface area contributed by atoms with Gasteiger partial charge in [0, 0.05) is 26.2 Å². The second-order valence-electron chi connectivity index (χ2n) is 6.59. The van der Waals surface area contributed by atoms with E-state index < -0.39 is 0 Å². The lowest BCUT2D eigenvalue weighted by atomic mass is 10.2. The molecule has 0 spiro atoms. The highest BCUT2D eigenvalue weighted by molar-refractivity contribution is 8.01. The summed E-state index contributed by atoms with van der Waals surface area (Å²) in [6, 6.07) is 6.29. The van der Waals surface area contributed by atoms with Gasteiger partial charge in [-0.05, 0) is 44.9 Å². The Kier molecular flexibility index (Phi) is 6.70. The zero-order chi connectivity index (χ0) is 18.6. The van der Waals surface area contributed by atoms with Crippen molar-refractivity contribution >= 4 is 23.7 Å². The van der Waals surface area contributed by atoms with Crippen molar-refractivity contribution in [3.05, 3.63) is 35.6 Å². The first-order valence-electron chi connectivity index (χ1n) is 8.52. The van der Waals surface area contributed by atoms with E-state index in [9.17, 15) is 14.0 Å². The summed E-state index contributed by atoms with van der Waals surface area (Å²) in [6.07, 6.45) is 0.693. The number of nitrogens with zero attached hydrogens (tertiary/aromatic N) is 2. The summed E-state index contributed by atoms with van der Waals surface area (Å²) in [7, 11) is 1.75. The summed E-state index contributed by atoms with van der Waals surface area (Å²) in [5.74, 6) is -0.191. The van der Waals surface area contributed by atoms with Crippen molar-refractivity contribution in [3.63, 3.8) is 0 Å². The maximum Gasteiger partial charge on any atom is 0.317 e. The molecule has 0 aliphatic carbocycles. The first-order chi connectivity index (χ1) is 11.8. The predicted octanol–water partition coefficient (Wildman–Crippen LogP) is 3.23. The molecule has 25 heavy (non-hydrogen) atoms. The van der Waals surface area contributed by atoms with Gasteiger partial charge in [0.1, 0.15) is 11.2 Å². The summed E-state index contributed by atoms with van der Waals surface area (Å²) in [5, 5.41) is 2.63. The Morgan fingerprint density at radius 2 is 2.00 bits per heavy atom. The van der Waals surface area contributed by atoms with E-state index in [1.165, 1.54) is 12.1 Å². The van der Waals surface area contributed by atoms with Crippen molar-refractivity contribution in [2.24, 2.45) is 0 Å². The van der Waals surface area contributed by atoms with Gasteiger partial charge in [0.15, 0.2) is 0 Å². The molecule has 1 heterocycles. The Labute approximate surface area is 152 Å². The molecule has 1 aromatic carbocycles. The fraction of sp³-hybridized carbons (Fsp3) is 0.556. The quantitative estimate of drug-likeness (QED) is 0.840. The maximum absolute atomic E-state index is 13.2. The Bertz CT molecular complexity index is 609. The van der Waals surface area contributed by atoms with E-state index in [1.54, 1.807) is 35.8 Å². The van der Waals surface area contributed by atoms with Crippen molar-refractivity contribution in [1.29, 1.82) is 0 Å². The Hall–Kier alpha value is -1.76. The van der Waals surface area contributed by atoms with E-state index in [2.05, 4.69) is 5.32 Å². The molecule has 3 amide bonds. The molecule has 0 radical (unpaired) electrons. The van der Waals surface area contributed by atoms with Crippen LogP contribution in [0.15, 0.2) is 24.3 Å². The molecule has 1 aliphatic heterocycles. The van der Waals surface area contributed by atoms with Gasteiger partial charge in [-0.15, -0.1) is 11.8 Å². The molecule has 0 unspecified atom stereocenters. The van der Waals surface area contributed by atoms with Crippen LogP contribution in [-0.2, 0) is 4.79 Å². The number of urea groups is 1. The number of thioether (sulfide) groups is 1. The number of hydrogen-bond donors (Lipinski definition) is 1. The standard InChI is InChI=1S/C18H26FN3O2S/c1-12(2)20-18(24)21(4)10-5-11-22-16(23)13(3)25-17(22)14-6-8-15(19)9-7-14/h6-9,12-13,17H,5,10-11H2,1-4H3,(H,20,24)/t13-,17-/m0/s1. The molecule has 1 aromatic rings. The normalized spacial score (nSPS) is 20.2. The molecule has 0 bridgehead atoms. The molecule has 1 fully saturated rings. The van der Waals surface area contributed by atoms with Gasteiger partial charge in [0.25, 0.3) is 0 Å². The van der Waals surface area contributed by atoms with Gasteiger partial charge in [-0.3, -0.25) is 4.79 Å². The Morgan fingerprint density at radius 3 is 2.60 bits per heavy atom. The lowest BCUT2D eigenvalue weighted by Gasteiger charge is -2.26. The van der Waals surface area contributed by atoms with E-state index in [4.69, 9.17) is 0 Å². The largest absolute Gasteiger partial charge is 0.336 e. The zero-order valence-corrected chi connectivity index (χ0v) is 16.0. The van der Waals surface area contributed by atoms with E-state index >= 15 is 0 Å². The predicted molar refractivity (Wildman–Crippen MR) is 98.8 cm³/mol. The molecular weight excluding hydrogens is 341 g/mol. The van der Waals surface area contributed by atoms with Gasteiger partial charge >= 0.3 is 6.03 Å². The Balaban J connectivity index is 1.95. The minimum Gasteiger partial charge on any atom is -0.336 e. The highest BCUT2D eigenvalue weighted by Gasteiger charge is 2.38. The fourth-order valence-electron chi connectivity index (χ4n) is 2.72. The lowest BCUT2D eigenvalue weighted by molar-refractivity contribution is -0.129. The SMILES string of the molecule is CC(C)NC(=O)N(C)CCCN1C(=O)[C@H](C)S[C@H]1c1ccc(F)cc1. The lowest BCUT2D eigenvalue weighted by Crippen LogP contribution is -2.42. The van der Waals surface area contributed by atoms with Crippen LogP contribution in [0.25, 0.3) is 0 Å². The summed E-state index contributed by atoms with van der Waals surface area (Å²) in [6.45, 7) is 6.86. The molecule has 7 heteroatoms. The Morgan fingerprint density at radius 1 is 1.36 bits per heavy atom. The highest BCUT2D eigenvalue weighted by atomic mass is 32.2. The second kappa shape index (κ2) is 8.56. The molecule has 1 N–H and O–H groups in total. The van der Waals surface area contributed by atoms with Gasteiger partial charge in [0.05, 0.1) is 5.25 Å². The van der Waals surface area contributed by atoms with Crippen LogP contribution in [0.5, 0.6) is 0 Å². The van der Waals surface area contributed by atoms with Crippen LogP contribution in [0, 0.1) is 5.82 Å². The van der Waals surface area contributed by atoms with E-state index in [-0.39, 0.29) is 34.4 Å². The van der Waals surface area contributed by atoms with E-state index in [0.29, 0.717) is 19.5 Å². The minimum absolute atomic E-state index is 0.0913. The molecule has 2 atom stereocenters. The van der Waals surface area contributed by atoms with Crippen LogP contribution in [0.1, 0.15) is 38.1 Å². The van der Waals surface area contributed by atoms with Crippen molar-refractivity contribution in [2.45, 2.75) is 43.9 Å². The second-order valence-corrected chi connectivity index (χ2v) is 8.02. The van der Waals surface area contributed by atoms with Crippen LogP contribution in [0.2, 0.25) is 0 Å². The first-order valence-corrected chi connectivity index (χ1v) is 9.47. The first kappa shape index (κ1) is 19.6. The summed E-state index contributed by atoms with van der Waals surface area (Å²) < 4.78 is 13.2. The van der Waals surface area contributed by atoms with Crippen molar-refractivity contribution in [3.8, 4) is 0 Å². The van der Waals surface area contributed by atoms with Gasteiger partial charge < -0.3 is 15.1 Å². The summed E-state index contributed by atoms with van der Waals surface area (Å²) >= 11 is 1.58. The number of hydrogen-bond acceptors (Lipinski definition) is 3. The molecule has 2 rings (SSSR count). The molecular formula is C18H26FN3O2S. The third-order valence-corrected chi connectivity index (χ3v) is 5.45. The molecule has 0 aromatic heterocycles.